The molecule has 0 saturated carbocycles. The lowest BCUT2D eigenvalue weighted by Crippen LogP contribution is -2.40. The van der Waals surface area contributed by atoms with Gasteiger partial charge < -0.3 is 20.1 Å². The molecule has 2 N–H and O–H groups in total. The smallest absolute Gasteiger partial charge is 0.191 e. The summed E-state index contributed by atoms with van der Waals surface area (Å²) in [7, 11) is 5.08. The second-order valence-corrected chi connectivity index (χ2v) is 6.14. The minimum atomic E-state index is 0. The third-order valence-electron chi connectivity index (χ3n) is 3.34. The van der Waals surface area contributed by atoms with E-state index < -0.39 is 0 Å². The summed E-state index contributed by atoms with van der Waals surface area (Å²) >= 11 is 1.83. The van der Waals surface area contributed by atoms with Crippen LogP contribution < -0.4 is 20.1 Å². The van der Waals surface area contributed by atoms with Crippen LogP contribution in [0.15, 0.2) is 23.2 Å². The van der Waals surface area contributed by atoms with Crippen molar-refractivity contribution in [2.24, 2.45) is 4.99 Å². The first kappa shape index (κ1) is 22.2. The second kappa shape index (κ2) is 12.6. The van der Waals surface area contributed by atoms with E-state index >= 15 is 0 Å². The first-order chi connectivity index (χ1) is 10.6. The molecule has 132 valence electrons. The minimum Gasteiger partial charge on any atom is -0.493 e. The van der Waals surface area contributed by atoms with E-state index in [9.17, 15) is 0 Å². The maximum Gasteiger partial charge on any atom is 0.191 e. The Balaban J connectivity index is 0.00000484. The van der Waals surface area contributed by atoms with Gasteiger partial charge in [-0.05, 0) is 30.4 Å². The van der Waals surface area contributed by atoms with E-state index in [0.717, 1.165) is 37.0 Å². The monoisotopic (exact) mass is 453 g/mol. The molecule has 1 aromatic carbocycles. The van der Waals surface area contributed by atoms with E-state index in [2.05, 4.69) is 34.9 Å². The molecule has 1 rings (SSSR count). The molecular weight excluding hydrogens is 425 g/mol. The normalized spacial score (nSPS) is 12.1. The fourth-order valence-electron chi connectivity index (χ4n) is 1.91. The SMILES string of the molecule is CN=C(NCCc1ccc(OC)c(OC)c1)NCC(C)SC.I. The number of methoxy groups -OCH3 is 2. The highest BCUT2D eigenvalue weighted by Crippen LogP contribution is 2.27. The Hall–Kier alpha value is -0.830. The van der Waals surface area contributed by atoms with E-state index in [-0.39, 0.29) is 24.0 Å². The van der Waals surface area contributed by atoms with Gasteiger partial charge in [0.2, 0.25) is 0 Å². The van der Waals surface area contributed by atoms with Crippen molar-refractivity contribution in [3.8, 4) is 11.5 Å². The molecule has 1 aromatic rings. The zero-order chi connectivity index (χ0) is 16.4. The number of benzene rings is 1. The number of thioether (sulfide) groups is 1. The summed E-state index contributed by atoms with van der Waals surface area (Å²) in [6.07, 6.45) is 3.00. The highest BCUT2D eigenvalue weighted by molar-refractivity contribution is 14.0. The molecule has 1 unspecified atom stereocenters. The van der Waals surface area contributed by atoms with Crippen LogP contribution >= 0.6 is 35.7 Å². The predicted octanol–water partition coefficient (Wildman–Crippen LogP) is 2.78. The molecule has 23 heavy (non-hydrogen) atoms. The largest absolute Gasteiger partial charge is 0.493 e. The Morgan fingerprint density at radius 3 is 2.48 bits per heavy atom. The van der Waals surface area contributed by atoms with E-state index in [1.807, 2.05) is 23.9 Å². The molecule has 7 heteroatoms. The maximum atomic E-state index is 5.32. The topological polar surface area (TPSA) is 54.9 Å². The molecule has 0 radical (unpaired) electrons. The Bertz CT molecular complexity index is 486. The molecule has 0 bridgehead atoms. The molecule has 0 saturated heterocycles. The summed E-state index contributed by atoms with van der Waals surface area (Å²) in [4.78, 5) is 4.23. The number of halogens is 1. The van der Waals surface area contributed by atoms with Crippen LogP contribution in [0, 0.1) is 0 Å². The zero-order valence-electron chi connectivity index (χ0n) is 14.5. The van der Waals surface area contributed by atoms with E-state index in [4.69, 9.17) is 9.47 Å². The van der Waals surface area contributed by atoms with Crippen molar-refractivity contribution >= 4 is 41.7 Å². The lowest BCUT2D eigenvalue weighted by atomic mass is 10.1. The number of hydrogen-bond donors (Lipinski definition) is 2. The maximum absolute atomic E-state index is 5.32. The fourth-order valence-corrected chi connectivity index (χ4v) is 2.16. The number of nitrogens with zero attached hydrogens (tertiary/aromatic N) is 1. The van der Waals surface area contributed by atoms with Crippen molar-refractivity contribution in [2.75, 3.05) is 40.6 Å². The lowest BCUT2D eigenvalue weighted by Gasteiger charge is -2.15. The Labute approximate surface area is 161 Å². The Morgan fingerprint density at radius 1 is 1.22 bits per heavy atom. The van der Waals surface area contributed by atoms with Gasteiger partial charge in [-0.1, -0.05) is 13.0 Å². The Kier molecular flexibility index (Phi) is 12.1. The van der Waals surface area contributed by atoms with Gasteiger partial charge in [0, 0.05) is 25.4 Å². The van der Waals surface area contributed by atoms with Crippen LogP contribution in [0.1, 0.15) is 12.5 Å². The molecule has 0 spiro atoms. The van der Waals surface area contributed by atoms with E-state index in [1.165, 1.54) is 5.56 Å². The highest BCUT2D eigenvalue weighted by atomic mass is 127. The third-order valence-corrected chi connectivity index (χ3v) is 4.31. The van der Waals surface area contributed by atoms with Crippen LogP contribution in [-0.2, 0) is 6.42 Å². The number of ether oxygens (including phenoxy) is 2. The fraction of sp³-hybridized carbons (Fsp3) is 0.562. The first-order valence-electron chi connectivity index (χ1n) is 7.32. The molecule has 5 nitrogen and oxygen atoms in total. The summed E-state index contributed by atoms with van der Waals surface area (Å²) in [5.41, 5.74) is 1.19. The second-order valence-electron chi connectivity index (χ2n) is 4.87. The molecule has 1 atom stereocenters. The zero-order valence-corrected chi connectivity index (χ0v) is 17.7. The van der Waals surface area contributed by atoms with Crippen LogP contribution in [0.2, 0.25) is 0 Å². The van der Waals surface area contributed by atoms with Crippen molar-refractivity contribution in [2.45, 2.75) is 18.6 Å². The van der Waals surface area contributed by atoms with Crippen LogP contribution in [-0.4, -0.2) is 51.8 Å². The van der Waals surface area contributed by atoms with Crippen molar-refractivity contribution in [1.82, 2.24) is 10.6 Å². The quantitative estimate of drug-likeness (QED) is 0.360. The van der Waals surface area contributed by atoms with Crippen molar-refractivity contribution < 1.29 is 9.47 Å². The Morgan fingerprint density at radius 2 is 1.91 bits per heavy atom. The molecule has 0 fully saturated rings. The van der Waals surface area contributed by atoms with Gasteiger partial charge in [-0.25, -0.2) is 0 Å². The van der Waals surface area contributed by atoms with Crippen LogP contribution in [0.4, 0.5) is 0 Å². The molecule has 0 aliphatic rings. The average molecular weight is 453 g/mol. The lowest BCUT2D eigenvalue weighted by molar-refractivity contribution is 0.354. The van der Waals surface area contributed by atoms with Gasteiger partial charge in [0.15, 0.2) is 17.5 Å². The van der Waals surface area contributed by atoms with Gasteiger partial charge in [-0.2, -0.15) is 11.8 Å². The molecule has 0 aliphatic heterocycles. The van der Waals surface area contributed by atoms with E-state index in [0.29, 0.717) is 5.25 Å². The third kappa shape index (κ3) is 8.01. The van der Waals surface area contributed by atoms with Crippen LogP contribution in [0.5, 0.6) is 11.5 Å². The first-order valence-corrected chi connectivity index (χ1v) is 8.61. The molecule has 0 heterocycles. The summed E-state index contributed by atoms with van der Waals surface area (Å²) in [6, 6.07) is 5.99. The summed E-state index contributed by atoms with van der Waals surface area (Å²) in [6.45, 7) is 3.90. The number of rotatable bonds is 8. The minimum absolute atomic E-state index is 0. The molecule has 0 aromatic heterocycles. The average Bonchev–Trinajstić information content (AvgIpc) is 2.57. The van der Waals surface area contributed by atoms with Gasteiger partial charge in [0.25, 0.3) is 0 Å². The van der Waals surface area contributed by atoms with Crippen molar-refractivity contribution in [1.29, 1.82) is 0 Å². The van der Waals surface area contributed by atoms with Gasteiger partial charge in [-0.15, -0.1) is 24.0 Å². The van der Waals surface area contributed by atoms with Gasteiger partial charge in [-0.3, -0.25) is 4.99 Å². The standard InChI is InChI=1S/C16H27N3O2S.HI/c1-12(22-5)11-19-16(17-2)18-9-8-13-6-7-14(20-3)15(10-13)21-4;/h6-7,10,12H,8-9,11H2,1-5H3,(H2,17,18,19);1H. The highest BCUT2D eigenvalue weighted by Gasteiger charge is 2.05. The molecule has 0 aliphatic carbocycles. The van der Waals surface area contributed by atoms with E-state index in [1.54, 1.807) is 21.3 Å². The summed E-state index contributed by atoms with van der Waals surface area (Å²) in [5.74, 6) is 2.35. The predicted molar refractivity (Wildman–Crippen MR) is 111 cm³/mol. The summed E-state index contributed by atoms with van der Waals surface area (Å²) < 4.78 is 10.6. The molecule has 0 amide bonds. The van der Waals surface area contributed by atoms with Crippen molar-refractivity contribution in [3.63, 3.8) is 0 Å². The van der Waals surface area contributed by atoms with Crippen LogP contribution in [0.25, 0.3) is 0 Å². The number of hydrogen-bond acceptors (Lipinski definition) is 4. The van der Waals surface area contributed by atoms with Gasteiger partial charge in [0.1, 0.15) is 0 Å². The van der Waals surface area contributed by atoms with Crippen molar-refractivity contribution in [3.05, 3.63) is 23.8 Å². The number of aliphatic imine (C=N–C) groups is 1. The van der Waals surface area contributed by atoms with Gasteiger partial charge in [0.05, 0.1) is 14.2 Å². The number of nitrogens with one attached hydrogen (secondary N) is 2. The van der Waals surface area contributed by atoms with Crippen LogP contribution in [0.3, 0.4) is 0 Å². The number of guanidine groups is 1. The van der Waals surface area contributed by atoms with Gasteiger partial charge >= 0.3 is 0 Å². The molecular formula is C16H28IN3O2S. The summed E-state index contributed by atoms with van der Waals surface area (Å²) in [5, 5.41) is 7.20.